The fraction of sp³-hybridized carbons (Fsp3) is 0.192. The molecule has 0 unspecified atom stereocenters. The molecular formula is C26H20ClF2N2O4+. The van der Waals surface area contributed by atoms with Gasteiger partial charge in [-0.2, -0.15) is 0 Å². The van der Waals surface area contributed by atoms with E-state index in [2.05, 4.69) is 0 Å². The number of ether oxygens (including phenoxy) is 1. The van der Waals surface area contributed by atoms with Gasteiger partial charge in [-0.25, -0.2) is 18.5 Å². The van der Waals surface area contributed by atoms with Gasteiger partial charge in [0.25, 0.3) is 0 Å². The third-order valence-electron chi connectivity index (χ3n) is 6.87. The van der Waals surface area contributed by atoms with E-state index in [9.17, 15) is 23.2 Å². The molecular weight excluding hydrogens is 478 g/mol. The Morgan fingerprint density at radius 2 is 1.40 bits per heavy atom. The number of imide groups is 1. The van der Waals surface area contributed by atoms with Gasteiger partial charge in [-0.05, 0) is 72.8 Å². The molecule has 2 saturated heterocycles. The van der Waals surface area contributed by atoms with Crippen LogP contribution in [0, 0.1) is 23.5 Å². The molecule has 178 valence electrons. The van der Waals surface area contributed by atoms with Gasteiger partial charge in [0.15, 0.2) is 11.6 Å². The van der Waals surface area contributed by atoms with Gasteiger partial charge in [0.2, 0.25) is 11.8 Å². The van der Waals surface area contributed by atoms with Crippen molar-refractivity contribution in [2.75, 3.05) is 12.0 Å². The van der Waals surface area contributed by atoms with Crippen molar-refractivity contribution in [3.8, 4) is 0 Å². The topological polar surface area (TPSA) is 80.3 Å². The number of nitrogens with zero attached hydrogens (tertiary/aromatic N) is 1. The van der Waals surface area contributed by atoms with Crippen LogP contribution in [0.5, 0.6) is 0 Å². The second kappa shape index (κ2) is 8.55. The zero-order valence-electron chi connectivity index (χ0n) is 18.5. The van der Waals surface area contributed by atoms with Crippen LogP contribution in [-0.2, 0) is 24.7 Å². The number of benzene rings is 3. The minimum Gasteiger partial charge on any atom is -0.465 e. The summed E-state index contributed by atoms with van der Waals surface area (Å²) in [6.45, 7) is 0. The molecule has 3 aromatic carbocycles. The Morgan fingerprint density at radius 3 is 1.89 bits per heavy atom. The molecule has 2 aliphatic heterocycles. The normalized spacial score (nSPS) is 22.9. The van der Waals surface area contributed by atoms with Crippen molar-refractivity contribution in [2.24, 2.45) is 11.8 Å². The summed E-state index contributed by atoms with van der Waals surface area (Å²) in [5.74, 6) is -4.85. The van der Waals surface area contributed by atoms with Crippen LogP contribution in [0.1, 0.15) is 11.1 Å². The molecule has 3 aromatic rings. The van der Waals surface area contributed by atoms with Crippen molar-refractivity contribution in [2.45, 2.75) is 11.6 Å². The molecule has 9 heteroatoms. The standard InChI is InChI=1S/C26H19ClF2N2O4/c1-35-25(34)22-20-21(24(33)31(23(20)32)19-12-6-16(27)7-13-19)26(30-22,14-2-8-17(28)9-3-14)15-4-10-18(29)11-5-15/h2-13,20-22,30H,1H3/p+1/t20-,21-,22-/m0/s1. The zero-order valence-corrected chi connectivity index (χ0v) is 19.2. The number of amides is 2. The van der Waals surface area contributed by atoms with E-state index < -0.39 is 52.8 Å². The summed E-state index contributed by atoms with van der Waals surface area (Å²) in [5, 5.41) is 2.05. The molecule has 0 radical (unpaired) electrons. The summed E-state index contributed by atoms with van der Waals surface area (Å²) < 4.78 is 32.7. The van der Waals surface area contributed by atoms with Crippen molar-refractivity contribution in [1.29, 1.82) is 0 Å². The number of halogens is 3. The summed E-state index contributed by atoms with van der Waals surface area (Å²) in [6.07, 6.45) is 0. The number of nitrogens with two attached hydrogens (primary N) is 1. The number of methoxy groups -OCH3 is 1. The largest absolute Gasteiger partial charge is 0.465 e. The summed E-state index contributed by atoms with van der Waals surface area (Å²) in [6, 6.07) is 16.2. The number of rotatable bonds is 4. The van der Waals surface area contributed by atoms with Crippen molar-refractivity contribution in [3.05, 3.63) is 101 Å². The summed E-state index contributed by atoms with van der Waals surface area (Å²) in [7, 11) is 1.21. The first kappa shape index (κ1) is 23.1. The summed E-state index contributed by atoms with van der Waals surface area (Å²) >= 11 is 5.99. The molecule has 2 aliphatic rings. The molecule has 0 bridgehead atoms. The van der Waals surface area contributed by atoms with Gasteiger partial charge in [0.1, 0.15) is 23.5 Å². The number of anilines is 1. The quantitative estimate of drug-likeness (QED) is 0.444. The molecule has 2 heterocycles. The predicted octanol–water partition coefficient (Wildman–Crippen LogP) is 2.79. The van der Waals surface area contributed by atoms with Crippen LogP contribution in [-0.4, -0.2) is 30.9 Å². The van der Waals surface area contributed by atoms with Crippen LogP contribution in [0.2, 0.25) is 5.02 Å². The molecule has 2 N–H and O–H groups in total. The number of carbonyl (C=O) groups is 3. The van der Waals surface area contributed by atoms with Crippen LogP contribution >= 0.6 is 11.6 Å². The average molecular weight is 498 g/mol. The fourth-order valence-corrected chi connectivity index (χ4v) is 5.51. The lowest BCUT2D eigenvalue weighted by Crippen LogP contribution is -2.99. The van der Waals surface area contributed by atoms with Gasteiger partial charge in [-0.15, -0.1) is 0 Å². The van der Waals surface area contributed by atoms with Gasteiger partial charge in [-0.3, -0.25) is 9.59 Å². The van der Waals surface area contributed by atoms with Crippen LogP contribution in [0.3, 0.4) is 0 Å². The van der Waals surface area contributed by atoms with Crippen molar-refractivity contribution < 1.29 is 33.2 Å². The molecule has 0 saturated carbocycles. The Labute approximate surface area is 204 Å². The SMILES string of the molecule is COC(=O)[C@H]1[NH2+]C(c2ccc(F)cc2)(c2ccc(F)cc2)[C@@H]2C(=O)N(c3ccc(Cl)cc3)C(=O)[C@H]12. The lowest BCUT2D eigenvalue weighted by molar-refractivity contribution is -0.729. The zero-order chi connectivity index (χ0) is 24.9. The highest BCUT2D eigenvalue weighted by molar-refractivity contribution is 6.31. The van der Waals surface area contributed by atoms with Crippen molar-refractivity contribution in [3.63, 3.8) is 0 Å². The molecule has 3 atom stereocenters. The average Bonchev–Trinajstić information content (AvgIpc) is 3.35. The third-order valence-corrected chi connectivity index (χ3v) is 7.12. The first-order chi connectivity index (χ1) is 16.8. The van der Waals surface area contributed by atoms with Gasteiger partial charge in [0, 0.05) is 16.1 Å². The number of quaternary nitrogens is 1. The number of carbonyl (C=O) groups excluding carboxylic acids is 3. The number of hydrogen-bond acceptors (Lipinski definition) is 4. The van der Waals surface area contributed by atoms with E-state index in [4.69, 9.17) is 16.3 Å². The smallest absolute Gasteiger partial charge is 0.365 e. The van der Waals surface area contributed by atoms with Crippen molar-refractivity contribution in [1.82, 2.24) is 0 Å². The van der Waals surface area contributed by atoms with E-state index in [1.54, 1.807) is 29.6 Å². The second-order valence-electron chi connectivity index (χ2n) is 8.59. The molecule has 0 spiro atoms. The highest BCUT2D eigenvalue weighted by atomic mass is 35.5. The highest BCUT2D eigenvalue weighted by Gasteiger charge is 2.72. The Balaban J connectivity index is 1.75. The first-order valence-electron chi connectivity index (χ1n) is 10.9. The molecule has 2 fully saturated rings. The van der Waals surface area contributed by atoms with Crippen LogP contribution < -0.4 is 10.2 Å². The minimum absolute atomic E-state index is 0.314. The van der Waals surface area contributed by atoms with Gasteiger partial charge < -0.3 is 10.1 Å². The Kier molecular flexibility index (Phi) is 5.65. The minimum atomic E-state index is -1.32. The predicted molar refractivity (Wildman–Crippen MR) is 122 cm³/mol. The lowest BCUT2D eigenvalue weighted by atomic mass is 9.71. The van der Waals surface area contributed by atoms with E-state index in [0.717, 1.165) is 4.90 Å². The maximum Gasteiger partial charge on any atom is 0.365 e. The highest BCUT2D eigenvalue weighted by Crippen LogP contribution is 2.48. The molecule has 6 nitrogen and oxygen atoms in total. The Bertz CT molecular complexity index is 1270. The van der Waals surface area contributed by atoms with Gasteiger partial charge in [0.05, 0.1) is 12.8 Å². The number of hydrogen-bond donors (Lipinski definition) is 1. The maximum absolute atomic E-state index is 14.0. The van der Waals surface area contributed by atoms with Crippen LogP contribution in [0.25, 0.3) is 0 Å². The van der Waals surface area contributed by atoms with Gasteiger partial charge in [-0.1, -0.05) is 11.6 Å². The van der Waals surface area contributed by atoms with Crippen LogP contribution in [0.4, 0.5) is 14.5 Å². The molecule has 2 amide bonds. The monoisotopic (exact) mass is 497 g/mol. The molecule has 5 rings (SSSR count). The number of fused-ring (bicyclic) bond motifs is 1. The molecule has 35 heavy (non-hydrogen) atoms. The van der Waals surface area contributed by atoms with E-state index in [-0.39, 0.29) is 0 Å². The maximum atomic E-state index is 14.0. The van der Waals surface area contributed by atoms with E-state index in [0.29, 0.717) is 21.8 Å². The van der Waals surface area contributed by atoms with E-state index in [1.807, 2.05) is 0 Å². The van der Waals surface area contributed by atoms with Crippen molar-refractivity contribution >= 4 is 35.1 Å². The third kappa shape index (κ3) is 3.52. The Morgan fingerprint density at radius 1 is 0.886 bits per heavy atom. The molecule has 0 aliphatic carbocycles. The van der Waals surface area contributed by atoms with E-state index >= 15 is 0 Å². The van der Waals surface area contributed by atoms with Gasteiger partial charge >= 0.3 is 5.97 Å². The Hall–Kier alpha value is -3.62. The first-order valence-corrected chi connectivity index (χ1v) is 11.2. The number of esters is 1. The van der Waals surface area contributed by atoms with E-state index in [1.165, 1.54) is 55.6 Å². The summed E-state index contributed by atoms with van der Waals surface area (Å²) in [4.78, 5) is 41.6. The van der Waals surface area contributed by atoms with Crippen LogP contribution in [0.15, 0.2) is 72.8 Å². The fourth-order valence-electron chi connectivity index (χ4n) is 5.39. The second-order valence-corrected chi connectivity index (χ2v) is 9.03. The molecule has 0 aromatic heterocycles. The lowest BCUT2D eigenvalue weighted by Gasteiger charge is -2.32. The summed E-state index contributed by atoms with van der Waals surface area (Å²) in [5.41, 5.74) is -0.0228.